The fraction of sp³-hybridized carbons (Fsp3) is 0.136. The van der Waals surface area contributed by atoms with E-state index in [9.17, 15) is 22.4 Å². The topological polar surface area (TPSA) is 41.1 Å². The molecule has 1 atom stereocenters. The number of hydrogen-bond donors (Lipinski definition) is 2. The molecule has 3 aromatic carbocycles. The van der Waals surface area contributed by atoms with Crippen molar-refractivity contribution in [3.8, 4) is 11.1 Å². The maximum atomic E-state index is 14.0. The van der Waals surface area contributed by atoms with Crippen LogP contribution in [0.3, 0.4) is 0 Å². The minimum atomic E-state index is -2.02. The average Bonchev–Trinajstić information content (AvgIpc) is 2.78. The molecule has 2 N–H and O–H groups in total. The molecular weight excluding hydrogens is 384 g/mol. The minimum Gasteiger partial charge on any atom is -0.358 e. The summed E-state index contributed by atoms with van der Waals surface area (Å²) in [4.78, 5) is 12.1. The van der Waals surface area contributed by atoms with Crippen LogP contribution in [0.1, 0.15) is 35.9 Å². The number of nitrogens with one attached hydrogen (secondary N) is 2. The van der Waals surface area contributed by atoms with Gasteiger partial charge in [0.15, 0.2) is 23.3 Å². The molecule has 0 spiro atoms. The van der Waals surface area contributed by atoms with Crippen molar-refractivity contribution in [1.29, 1.82) is 0 Å². The Labute approximate surface area is 165 Å². The summed E-state index contributed by atoms with van der Waals surface area (Å²) in [5, 5.41) is 4.94. The SMILES string of the molecule is CC.O=C1NC(c2ccc(-c3ccccc3)cc2)Nc2c(F)c(F)c(F)c(F)c21. The molecule has 0 saturated carbocycles. The Kier molecular flexibility index (Phi) is 5.87. The van der Waals surface area contributed by atoms with Crippen LogP contribution in [-0.4, -0.2) is 5.91 Å². The van der Waals surface area contributed by atoms with Crippen LogP contribution in [0.5, 0.6) is 0 Å². The van der Waals surface area contributed by atoms with Gasteiger partial charge in [-0.2, -0.15) is 0 Å². The Morgan fingerprint density at radius 3 is 1.86 bits per heavy atom. The molecule has 3 nitrogen and oxygen atoms in total. The summed E-state index contributed by atoms with van der Waals surface area (Å²) in [7, 11) is 0. The number of hydrogen-bond acceptors (Lipinski definition) is 2. The smallest absolute Gasteiger partial charge is 0.258 e. The molecule has 4 rings (SSSR count). The lowest BCUT2D eigenvalue weighted by atomic mass is 10.0. The summed E-state index contributed by atoms with van der Waals surface area (Å²) in [5.41, 5.74) is 0.863. The van der Waals surface area contributed by atoms with Gasteiger partial charge in [0, 0.05) is 0 Å². The van der Waals surface area contributed by atoms with Gasteiger partial charge in [-0.1, -0.05) is 68.4 Å². The second-order valence-corrected chi connectivity index (χ2v) is 6.04. The van der Waals surface area contributed by atoms with Crippen molar-refractivity contribution in [2.24, 2.45) is 0 Å². The molecule has 1 aliphatic rings. The van der Waals surface area contributed by atoms with Crippen molar-refractivity contribution in [3.63, 3.8) is 0 Å². The van der Waals surface area contributed by atoms with Crippen molar-refractivity contribution in [2.75, 3.05) is 5.32 Å². The molecule has 0 aromatic heterocycles. The fourth-order valence-electron chi connectivity index (χ4n) is 3.03. The van der Waals surface area contributed by atoms with E-state index in [1.165, 1.54) is 0 Å². The van der Waals surface area contributed by atoms with Crippen LogP contribution in [0.2, 0.25) is 0 Å². The van der Waals surface area contributed by atoms with E-state index in [4.69, 9.17) is 0 Å². The van der Waals surface area contributed by atoms with Crippen LogP contribution in [0, 0.1) is 23.3 Å². The van der Waals surface area contributed by atoms with Crippen molar-refractivity contribution >= 4 is 11.6 Å². The van der Waals surface area contributed by atoms with Gasteiger partial charge in [-0.25, -0.2) is 17.6 Å². The van der Waals surface area contributed by atoms with Crippen LogP contribution in [0.15, 0.2) is 54.6 Å². The van der Waals surface area contributed by atoms with E-state index in [2.05, 4.69) is 10.6 Å². The molecule has 0 bridgehead atoms. The highest BCUT2D eigenvalue weighted by Gasteiger charge is 2.35. The third-order valence-electron chi connectivity index (χ3n) is 4.41. The Balaban J connectivity index is 0.00000117. The quantitative estimate of drug-likeness (QED) is 0.324. The maximum Gasteiger partial charge on any atom is 0.258 e. The summed E-state index contributed by atoms with van der Waals surface area (Å²) in [5.74, 6) is -8.38. The van der Waals surface area contributed by atoms with E-state index in [0.717, 1.165) is 11.1 Å². The molecule has 0 fully saturated rings. The fourth-order valence-corrected chi connectivity index (χ4v) is 3.03. The van der Waals surface area contributed by atoms with Crippen LogP contribution < -0.4 is 10.6 Å². The lowest BCUT2D eigenvalue weighted by molar-refractivity contribution is 0.0928. The maximum absolute atomic E-state index is 14.0. The normalized spacial score (nSPS) is 14.8. The van der Waals surface area contributed by atoms with Gasteiger partial charge in [0.05, 0.1) is 5.69 Å². The monoisotopic (exact) mass is 402 g/mol. The molecule has 150 valence electrons. The predicted octanol–water partition coefficient (Wildman–Crippen LogP) is 5.79. The van der Waals surface area contributed by atoms with Gasteiger partial charge in [0.25, 0.3) is 5.91 Å². The molecule has 7 heteroatoms. The number of carbonyl (C=O) groups excluding carboxylic acids is 1. The van der Waals surface area contributed by atoms with Crippen molar-refractivity contribution < 1.29 is 22.4 Å². The summed E-state index contributed by atoms with van der Waals surface area (Å²) >= 11 is 0. The Morgan fingerprint density at radius 1 is 0.690 bits per heavy atom. The number of fused-ring (bicyclic) bond motifs is 1. The van der Waals surface area contributed by atoms with Gasteiger partial charge in [0.2, 0.25) is 0 Å². The van der Waals surface area contributed by atoms with Gasteiger partial charge < -0.3 is 10.6 Å². The highest BCUT2D eigenvalue weighted by atomic mass is 19.2. The highest BCUT2D eigenvalue weighted by Crippen LogP contribution is 2.34. The van der Waals surface area contributed by atoms with E-state index in [0.29, 0.717) is 5.56 Å². The van der Waals surface area contributed by atoms with Crippen molar-refractivity contribution in [2.45, 2.75) is 20.0 Å². The molecule has 1 unspecified atom stereocenters. The van der Waals surface area contributed by atoms with Gasteiger partial charge >= 0.3 is 0 Å². The highest BCUT2D eigenvalue weighted by molar-refractivity contribution is 6.02. The standard InChI is InChI=1S/C20H12F4N2O.C2H6/c21-14-13-18(17(24)16(23)15(14)22)25-19(26-20(13)27)12-8-6-11(7-9-12)10-4-2-1-3-5-10;1-2/h1-9,19,25H,(H,26,27);1-2H3. The third-order valence-corrected chi connectivity index (χ3v) is 4.41. The first-order valence-electron chi connectivity index (χ1n) is 9.06. The second-order valence-electron chi connectivity index (χ2n) is 6.04. The number of anilines is 1. The summed E-state index contributed by atoms with van der Waals surface area (Å²) in [6.07, 6.45) is -0.923. The van der Waals surface area contributed by atoms with Crippen LogP contribution in [0.25, 0.3) is 11.1 Å². The third kappa shape index (κ3) is 3.68. The molecular formula is C22H18F4N2O. The van der Waals surface area contributed by atoms with Crippen LogP contribution in [-0.2, 0) is 0 Å². The van der Waals surface area contributed by atoms with E-state index in [1.54, 1.807) is 24.3 Å². The van der Waals surface area contributed by atoms with E-state index >= 15 is 0 Å². The summed E-state index contributed by atoms with van der Waals surface area (Å²) < 4.78 is 54.8. The molecule has 1 heterocycles. The molecule has 1 aliphatic heterocycles. The zero-order valence-electron chi connectivity index (χ0n) is 15.7. The predicted molar refractivity (Wildman–Crippen MR) is 103 cm³/mol. The van der Waals surface area contributed by atoms with Crippen LogP contribution >= 0.6 is 0 Å². The molecule has 1 amide bonds. The average molecular weight is 402 g/mol. The van der Waals surface area contributed by atoms with Gasteiger partial charge in [-0.05, 0) is 16.7 Å². The van der Waals surface area contributed by atoms with Crippen molar-refractivity contribution in [3.05, 3.63) is 89.0 Å². The van der Waals surface area contributed by atoms with E-state index in [-0.39, 0.29) is 0 Å². The summed E-state index contributed by atoms with van der Waals surface area (Å²) in [6.45, 7) is 4.00. The van der Waals surface area contributed by atoms with E-state index < -0.39 is 46.6 Å². The second kappa shape index (κ2) is 8.34. The number of rotatable bonds is 2. The Hall–Kier alpha value is -3.35. The number of amides is 1. The minimum absolute atomic E-state index is 0.540. The van der Waals surface area contributed by atoms with Gasteiger partial charge in [-0.15, -0.1) is 0 Å². The van der Waals surface area contributed by atoms with Crippen molar-refractivity contribution in [1.82, 2.24) is 5.32 Å². The number of carbonyl (C=O) groups is 1. The number of benzene rings is 3. The number of halogens is 4. The lowest BCUT2D eigenvalue weighted by Gasteiger charge is -2.29. The summed E-state index contributed by atoms with van der Waals surface area (Å²) in [6, 6.07) is 16.5. The van der Waals surface area contributed by atoms with E-state index in [1.807, 2.05) is 44.2 Å². The largest absolute Gasteiger partial charge is 0.358 e. The van der Waals surface area contributed by atoms with Gasteiger partial charge in [-0.3, -0.25) is 4.79 Å². The Morgan fingerprint density at radius 2 is 1.24 bits per heavy atom. The molecule has 29 heavy (non-hydrogen) atoms. The molecule has 0 saturated heterocycles. The molecule has 3 aromatic rings. The lowest BCUT2D eigenvalue weighted by Crippen LogP contribution is -2.40. The van der Waals surface area contributed by atoms with Crippen LogP contribution in [0.4, 0.5) is 23.2 Å². The zero-order valence-corrected chi connectivity index (χ0v) is 15.7. The first kappa shape index (κ1) is 20.4. The zero-order chi connectivity index (χ0) is 21.1. The van der Waals surface area contributed by atoms with Gasteiger partial charge in [0.1, 0.15) is 11.7 Å². The molecule has 0 aliphatic carbocycles. The first-order valence-corrected chi connectivity index (χ1v) is 9.06. The first-order chi connectivity index (χ1) is 14.0. The molecule has 0 radical (unpaired) electrons. The Bertz CT molecular complexity index is 1040.